The van der Waals surface area contributed by atoms with Crippen LogP contribution in [-0.4, -0.2) is 39.9 Å². The summed E-state index contributed by atoms with van der Waals surface area (Å²) in [6.07, 6.45) is 3.18. The number of carbonyl (C=O) groups is 2. The SMILES string of the molecule is COc1ccc2ccn(C[C@@H](C)N)c2c1.O=C(O)/C=C/C(=O)O. The molecule has 23 heavy (non-hydrogen) atoms. The van der Waals surface area contributed by atoms with E-state index in [1.165, 1.54) is 10.9 Å². The monoisotopic (exact) mass is 320 g/mol. The number of nitrogens with zero attached hydrogens (tertiary/aromatic N) is 1. The summed E-state index contributed by atoms with van der Waals surface area (Å²) >= 11 is 0. The molecule has 0 saturated carbocycles. The molecule has 0 amide bonds. The van der Waals surface area contributed by atoms with Crippen LogP contribution in [0.4, 0.5) is 0 Å². The first-order valence-electron chi connectivity index (χ1n) is 6.86. The first-order chi connectivity index (χ1) is 10.8. The van der Waals surface area contributed by atoms with Crippen molar-refractivity contribution in [2.75, 3.05) is 7.11 Å². The lowest BCUT2D eigenvalue weighted by Gasteiger charge is -2.09. The number of hydrogen-bond donors (Lipinski definition) is 3. The molecule has 0 unspecified atom stereocenters. The van der Waals surface area contributed by atoms with E-state index >= 15 is 0 Å². The molecule has 1 aromatic carbocycles. The van der Waals surface area contributed by atoms with E-state index in [1.54, 1.807) is 7.11 Å². The topological polar surface area (TPSA) is 115 Å². The lowest BCUT2D eigenvalue weighted by Crippen LogP contribution is -2.21. The number of aromatic nitrogens is 1. The van der Waals surface area contributed by atoms with Crippen molar-refractivity contribution in [1.29, 1.82) is 0 Å². The largest absolute Gasteiger partial charge is 0.497 e. The van der Waals surface area contributed by atoms with Gasteiger partial charge in [0.15, 0.2) is 0 Å². The normalized spacial score (nSPS) is 11.8. The number of ether oxygens (including phenoxy) is 1. The predicted octanol–water partition coefficient (Wildman–Crippen LogP) is 1.71. The van der Waals surface area contributed by atoms with Gasteiger partial charge in [-0.15, -0.1) is 0 Å². The molecule has 1 atom stereocenters. The van der Waals surface area contributed by atoms with E-state index < -0.39 is 11.9 Å². The maximum atomic E-state index is 9.55. The molecule has 2 aromatic rings. The first kappa shape index (κ1) is 18.2. The average molecular weight is 320 g/mol. The van der Waals surface area contributed by atoms with Crippen LogP contribution < -0.4 is 10.5 Å². The number of carboxylic acids is 2. The Labute approximate surface area is 133 Å². The number of aliphatic carboxylic acids is 2. The van der Waals surface area contributed by atoms with Crippen LogP contribution in [0.5, 0.6) is 5.75 Å². The van der Waals surface area contributed by atoms with Crippen LogP contribution in [0.15, 0.2) is 42.6 Å². The highest BCUT2D eigenvalue weighted by atomic mass is 16.5. The van der Waals surface area contributed by atoms with Gasteiger partial charge in [-0.1, -0.05) is 0 Å². The summed E-state index contributed by atoms with van der Waals surface area (Å²) in [6.45, 7) is 2.84. The van der Waals surface area contributed by atoms with E-state index in [-0.39, 0.29) is 6.04 Å². The van der Waals surface area contributed by atoms with Crippen molar-refractivity contribution >= 4 is 22.8 Å². The fraction of sp³-hybridized carbons (Fsp3) is 0.250. The maximum Gasteiger partial charge on any atom is 0.328 e. The molecule has 0 bridgehead atoms. The summed E-state index contributed by atoms with van der Waals surface area (Å²) in [7, 11) is 1.68. The molecular formula is C16H20N2O5. The van der Waals surface area contributed by atoms with Gasteiger partial charge in [0.1, 0.15) is 5.75 Å². The van der Waals surface area contributed by atoms with Gasteiger partial charge in [-0.05, 0) is 30.5 Å². The van der Waals surface area contributed by atoms with E-state index in [4.69, 9.17) is 20.7 Å². The van der Waals surface area contributed by atoms with Crippen LogP contribution in [-0.2, 0) is 16.1 Å². The van der Waals surface area contributed by atoms with Crippen LogP contribution >= 0.6 is 0 Å². The fourth-order valence-electron chi connectivity index (χ4n) is 1.90. The van der Waals surface area contributed by atoms with Crippen LogP contribution in [0.25, 0.3) is 10.9 Å². The number of hydrogen-bond acceptors (Lipinski definition) is 4. The second kappa shape index (κ2) is 8.60. The maximum absolute atomic E-state index is 9.55. The quantitative estimate of drug-likeness (QED) is 0.722. The van der Waals surface area contributed by atoms with Crippen LogP contribution in [0.2, 0.25) is 0 Å². The molecule has 0 radical (unpaired) electrons. The molecular weight excluding hydrogens is 300 g/mol. The average Bonchev–Trinajstić information content (AvgIpc) is 2.87. The molecule has 7 nitrogen and oxygen atoms in total. The predicted molar refractivity (Wildman–Crippen MR) is 86.6 cm³/mol. The molecule has 7 heteroatoms. The second-order valence-corrected chi connectivity index (χ2v) is 4.88. The standard InChI is InChI=1S/C12H16N2O.C4H4O4/c1-9(13)8-14-6-5-10-3-4-11(15-2)7-12(10)14;5-3(6)1-2-4(7)8/h3-7,9H,8,13H2,1-2H3;1-2H,(H,5,6)(H,7,8)/b;2-1+/t9-;/m1./s1. The number of benzene rings is 1. The Balaban J connectivity index is 0.000000284. The van der Waals surface area contributed by atoms with Crippen LogP contribution in [0.1, 0.15) is 6.92 Å². The lowest BCUT2D eigenvalue weighted by molar-refractivity contribution is -0.134. The van der Waals surface area contributed by atoms with Crippen molar-refractivity contribution < 1.29 is 24.5 Å². The Morgan fingerprint density at radius 1 is 1.26 bits per heavy atom. The van der Waals surface area contributed by atoms with Gasteiger partial charge in [-0.3, -0.25) is 0 Å². The Bertz CT molecular complexity index is 688. The molecule has 0 aliphatic heterocycles. The van der Waals surface area contributed by atoms with E-state index in [0.717, 1.165) is 12.3 Å². The Kier molecular flexibility index (Phi) is 6.82. The molecule has 1 heterocycles. The van der Waals surface area contributed by atoms with E-state index in [0.29, 0.717) is 12.2 Å². The summed E-state index contributed by atoms with van der Waals surface area (Å²) < 4.78 is 7.36. The molecule has 0 saturated heterocycles. The Morgan fingerprint density at radius 3 is 2.35 bits per heavy atom. The molecule has 0 aliphatic carbocycles. The molecule has 124 valence electrons. The van der Waals surface area contributed by atoms with Gasteiger partial charge in [0.05, 0.1) is 12.6 Å². The van der Waals surface area contributed by atoms with Gasteiger partial charge >= 0.3 is 11.9 Å². The van der Waals surface area contributed by atoms with Crippen molar-refractivity contribution in [3.8, 4) is 5.75 Å². The molecule has 0 aliphatic rings. The Hall–Kier alpha value is -2.80. The zero-order valence-electron chi connectivity index (χ0n) is 13.0. The molecule has 0 fully saturated rings. The molecule has 0 spiro atoms. The highest BCUT2D eigenvalue weighted by Gasteiger charge is 2.04. The number of nitrogens with two attached hydrogens (primary N) is 1. The van der Waals surface area contributed by atoms with Gasteiger partial charge in [0.2, 0.25) is 0 Å². The molecule has 4 N–H and O–H groups in total. The summed E-state index contributed by atoms with van der Waals surface area (Å²) in [5.74, 6) is -1.63. The summed E-state index contributed by atoms with van der Waals surface area (Å²) in [4.78, 5) is 19.1. The van der Waals surface area contributed by atoms with Gasteiger partial charge in [-0.2, -0.15) is 0 Å². The lowest BCUT2D eigenvalue weighted by atomic mass is 10.2. The highest BCUT2D eigenvalue weighted by Crippen LogP contribution is 2.21. The Morgan fingerprint density at radius 2 is 1.87 bits per heavy atom. The van der Waals surface area contributed by atoms with Gasteiger partial charge in [0, 0.05) is 37.0 Å². The number of rotatable bonds is 5. The second-order valence-electron chi connectivity index (χ2n) is 4.88. The summed E-state index contributed by atoms with van der Waals surface area (Å²) in [6, 6.07) is 8.33. The van der Waals surface area contributed by atoms with Gasteiger partial charge in [0.25, 0.3) is 0 Å². The third-order valence-corrected chi connectivity index (χ3v) is 2.83. The summed E-state index contributed by atoms with van der Waals surface area (Å²) in [5, 5.41) is 16.8. The third-order valence-electron chi connectivity index (χ3n) is 2.83. The van der Waals surface area contributed by atoms with Crippen LogP contribution in [0.3, 0.4) is 0 Å². The minimum atomic E-state index is -1.26. The first-order valence-corrected chi connectivity index (χ1v) is 6.86. The van der Waals surface area contributed by atoms with Crippen molar-refractivity contribution in [1.82, 2.24) is 4.57 Å². The van der Waals surface area contributed by atoms with Crippen molar-refractivity contribution in [3.63, 3.8) is 0 Å². The fourth-order valence-corrected chi connectivity index (χ4v) is 1.90. The number of carboxylic acid groups (broad SMARTS) is 2. The zero-order chi connectivity index (χ0) is 17.4. The minimum absolute atomic E-state index is 0.159. The van der Waals surface area contributed by atoms with Crippen LogP contribution in [0, 0.1) is 0 Å². The minimum Gasteiger partial charge on any atom is -0.497 e. The van der Waals surface area contributed by atoms with E-state index in [2.05, 4.69) is 22.9 Å². The van der Waals surface area contributed by atoms with E-state index in [9.17, 15) is 9.59 Å². The van der Waals surface area contributed by atoms with Crippen molar-refractivity contribution in [2.45, 2.75) is 19.5 Å². The molecule has 1 aromatic heterocycles. The molecule has 2 rings (SSSR count). The van der Waals surface area contributed by atoms with Gasteiger partial charge in [-0.25, -0.2) is 9.59 Å². The number of fused-ring (bicyclic) bond motifs is 1. The van der Waals surface area contributed by atoms with Crippen molar-refractivity contribution in [2.24, 2.45) is 5.73 Å². The zero-order valence-corrected chi connectivity index (χ0v) is 13.0. The third kappa shape index (κ3) is 6.23. The van der Waals surface area contributed by atoms with E-state index in [1.807, 2.05) is 19.1 Å². The smallest absolute Gasteiger partial charge is 0.328 e. The van der Waals surface area contributed by atoms with Crippen molar-refractivity contribution in [3.05, 3.63) is 42.6 Å². The summed E-state index contributed by atoms with van der Waals surface area (Å²) in [5.41, 5.74) is 6.97. The van der Waals surface area contributed by atoms with Gasteiger partial charge < -0.3 is 25.3 Å². The highest BCUT2D eigenvalue weighted by molar-refractivity contribution is 5.89. The number of methoxy groups -OCH3 is 1.